The Morgan fingerprint density at radius 2 is 0.836 bits per heavy atom. The zero-order valence-electron chi connectivity index (χ0n) is 37.3. The summed E-state index contributed by atoms with van der Waals surface area (Å²) in [6.45, 7) is 4.60. The van der Waals surface area contributed by atoms with E-state index < -0.39 is 0 Å². The number of anilines is 6. The summed E-state index contributed by atoms with van der Waals surface area (Å²) < 4.78 is 0. The van der Waals surface area contributed by atoms with Crippen molar-refractivity contribution in [1.82, 2.24) is 0 Å². The summed E-state index contributed by atoms with van der Waals surface area (Å²) in [7, 11) is 0. The van der Waals surface area contributed by atoms with Gasteiger partial charge < -0.3 is 9.80 Å². The van der Waals surface area contributed by atoms with E-state index in [1.54, 1.807) is 0 Å². The molecular formula is C64H43BN2. The van der Waals surface area contributed by atoms with Gasteiger partial charge in [-0.1, -0.05) is 182 Å². The molecule has 0 bridgehead atoms. The van der Waals surface area contributed by atoms with Crippen LogP contribution in [-0.2, 0) is 0 Å². The van der Waals surface area contributed by atoms with Crippen LogP contribution in [0.25, 0.3) is 65.0 Å². The van der Waals surface area contributed by atoms with Crippen LogP contribution >= 0.6 is 0 Å². The van der Waals surface area contributed by atoms with Gasteiger partial charge in [-0.15, -0.1) is 0 Å². The van der Waals surface area contributed by atoms with Crippen molar-refractivity contribution in [3.8, 4) is 11.1 Å². The lowest BCUT2D eigenvalue weighted by Gasteiger charge is -2.45. The van der Waals surface area contributed by atoms with Gasteiger partial charge in [0.2, 0.25) is 0 Å². The summed E-state index contributed by atoms with van der Waals surface area (Å²) in [5, 5.41) is 12.8. The average Bonchev–Trinajstić information content (AvgIpc) is 3.39. The lowest BCUT2D eigenvalue weighted by Crippen LogP contribution is -2.61. The van der Waals surface area contributed by atoms with Crippen molar-refractivity contribution in [2.45, 2.75) is 25.7 Å². The number of aryl methyl sites for hydroxylation is 2. The monoisotopic (exact) mass is 850 g/mol. The van der Waals surface area contributed by atoms with Gasteiger partial charge in [-0.25, -0.2) is 0 Å². The van der Waals surface area contributed by atoms with Crippen LogP contribution in [0, 0.1) is 13.8 Å². The van der Waals surface area contributed by atoms with Crippen molar-refractivity contribution in [3.05, 3.63) is 235 Å². The highest BCUT2D eigenvalue weighted by atomic mass is 15.2. The maximum Gasteiger partial charge on any atom is 0.252 e. The molecule has 0 spiro atoms. The Labute approximate surface area is 390 Å². The van der Waals surface area contributed by atoms with Crippen molar-refractivity contribution in [2.75, 3.05) is 9.80 Å². The highest BCUT2D eigenvalue weighted by molar-refractivity contribution is 7.01. The normalized spacial score (nSPS) is 16.3. The topological polar surface area (TPSA) is 6.48 Å². The van der Waals surface area contributed by atoms with Crippen LogP contribution in [0.3, 0.4) is 0 Å². The molecule has 2 aliphatic carbocycles. The van der Waals surface area contributed by atoms with Crippen LogP contribution in [0.4, 0.5) is 34.1 Å². The van der Waals surface area contributed by atoms with E-state index in [1.165, 1.54) is 138 Å². The zero-order valence-corrected chi connectivity index (χ0v) is 37.3. The first-order valence-electron chi connectivity index (χ1n) is 23.8. The number of hydrogen-bond acceptors (Lipinski definition) is 2. The molecule has 11 aromatic carbocycles. The molecule has 2 atom stereocenters. The Hall–Kier alpha value is -8.14. The van der Waals surface area contributed by atoms with Crippen molar-refractivity contribution < 1.29 is 0 Å². The quantitative estimate of drug-likeness (QED) is 0.126. The number of benzene rings is 11. The fourth-order valence-corrected chi connectivity index (χ4v) is 13.1. The number of allylic oxidation sites excluding steroid dienone is 4. The molecule has 0 N–H and O–H groups in total. The Morgan fingerprint density at radius 3 is 1.49 bits per heavy atom. The van der Waals surface area contributed by atoms with Crippen LogP contribution in [0.5, 0.6) is 0 Å². The van der Waals surface area contributed by atoms with Gasteiger partial charge in [-0.3, -0.25) is 0 Å². The van der Waals surface area contributed by atoms with E-state index in [2.05, 4.69) is 236 Å². The molecule has 2 heterocycles. The minimum atomic E-state index is -0.0110. The van der Waals surface area contributed by atoms with Gasteiger partial charge >= 0.3 is 0 Å². The molecule has 4 aliphatic rings. The fourth-order valence-electron chi connectivity index (χ4n) is 13.1. The third-order valence-corrected chi connectivity index (χ3v) is 15.8. The Morgan fingerprint density at radius 1 is 0.373 bits per heavy atom. The molecule has 67 heavy (non-hydrogen) atoms. The third-order valence-electron chi connectivity index (χ3n) is 15.8. The number of hydrogen-bond donors (Lipinski definition) is 0. The molecule has 0 saturated carbocycles. The van der Waals surface area contributed by atoms with E-state index >= 15 is 0 Å². The van der Waals surface area contributed by atoms with Crippen molar-refractivity contribution in [1.29, 1.82) is 0 Å². The van der Waals surface area contributed by atoms with Crippen LogP contribution < -0.4 is 26.2 Å². The van der Waals surface area contributed by atoms with E-state index in [9.17, 15) is 0 Å². The van der Waals surface area contributed by atoms with Crippen LogP contribution in [0.15, 0.2) is 212 Å². The minimum absolute atomic E-state index is 0.0110. The maximum atomic E-state index is 2.65. The van der Waals surface area contributed by atoms with Gasteiger partial charge in [0.1, 0.15) is 0 Å². The molecule has 15 rings (SSSR count). The summed E-state index contributed by atoms with van der Waals surface area (Å²) >= 11 is 0. The second-order valence-electron chi connectivity index (χ2n) is 19.1. The van der Waals surface area contributed by atoms with Crippen LogP contribution in [-0.4, -0.2) is 6.71 Å². The van der Waals surface area contributed by atoms with E-state index in [1.807, 2.05) is 0 Å². The molecule has 312 valence electrons. The van der Waals surface area contributed by atoms with Crippen LogP contribution in [0.1, 0.15) is 34.1 Å². The fraction of sp³-hybridized carbons (Fsp3) is 0.0625. The number of fused-ring (bicyclic) bond motifs is 20. The molecular weight excluding hydrogens is 808 g/mol. The van der Waals surface area contributed by atoms with Crippen molar-refractivity contribution in [2.24, 2.45) is 0 Å². The molecule has 0 fully saturated rings. The molecule has 2 unspecified atom stereocenters. The Kier molecular flexibility index (Phi) is 7.59. The standard InChI is InChI=1S/C64H43BN2/c1-38-35-56-63(53-27-13-3-17-41(38)53)66(40-33-34-50-45-21-6-5-19-43(45)44-20-8-10-25-49(44)55(50)37-40)59-31-16-32-60-62(59)65(56)57-36-39(2)42-18-4-14-28-54(42)64(57)67(60)58-30-15-29-52-48-23-9-7-22-46(48)47-24-11-12-26-51(47)61(52)58/h3-37,44,49H,1-2H3. The summed E-state index contributed by atoms with van der Waals surface area (Å²) in [6, 6.07) is 71.7. The van der Waals surface area contributed by atoms with E-state index in [0.717, 1.165) is 0 Å². The van der Waals surface area contributed by atoms with E-state index in [4.69, 9.17) is 0 Å². The van der Waals surface area contributed by atoms with Gasteiger partial charge in [-0.2, -0.15) is 0 Å². The van der Waals surface area contributed by atoms with E-state index in [0.29, 0.717) is 5.92 Å². The summed E-state index contributed by atoms with van der Waals surface area (Å²) in [5.74, 6) is 0.550. The highest BCUT2D eigenvalue weighted by Gasteiger charge is 2.45. The SMILES string of the molecule is Cc1cc2c(c3ccccc13)N(c1ccc3c(c1)C1C=CC=CC1c1ccccc1-3)c1cccc3c1B2c1cc(C)c2ccccc2c1N3c1cccc2c3ccccc3c3ccccc3c12. The summed E-state index contributed by atoms with van der Waals surface area (Å²) in [4.78, 5) is 5.29. The Balaban J connectivity index is 1.07. The number of rotatable bonds is 2. The molecule has 0 amide bonds. The van der Waals surface area contributed by atoms with E-state index in [-0.39, 0.29) is 12.6 Å². The summed E-state index contributed by atoms with van der Waals surface area (Å²) in [6.07, 6.45) is 9.30. The first-order chi connectivity index (χ1) is 33.1. The molecule has 0 aromatic heterocycles. The van der Waals surface area contributed by atoms with Gasteiger partial charge in [0.05, 0.1) is 5.69 Å². The predicted octanol–water partition coefficient (Wildman–Crippen LogP) is 15.1. The van der Waals surface area contributed by atoms with Gasteiger partial charge in [0.25, 0.3) is 6.71 Å². The molecule has 0 radical (unpaired) electrons. The lowest BCUT2D eigenvalue weighted by molar-refractivity contribution is 0.720. The van der Waals surface area contributed by atoms with Gasteiger partial charge in [0.15, 0.2) is 0 Å². The largest absolute Gasteiger partial charge is 0.311 e. The molecule has 0 saturated heterocycles. The van der Waals surface area contributed by atoms with Crippen molar-refractivity contribution in [3.63, 3.8) is 0 Å². The number of nitrogens with zero attached hydrogens (tertiary/aromatic N) is 2. The lowest BCUT2D eigenvalue weighted by atomic mass is 9.33. The molecule has 11 aromatic rings. The third kappa shape index (κ3) is 4.96. The molecule has 2 nitrogen and oxygen atoms in total. The highest BCUT2D eigenvalue weighted by Crippen LogP contribution is 2.54. The van der Waals surface area contributed by atoms with Gasteiger partial charge in [0, 0.05) is 56.4 Å². The first-order valence-corrected chi connectivity index (χ1v) is 23.8. The zero-order chi connectivity index (χ0) is 44.1. The predicted molar refractivity (Wildman–Crippen MR) is 287 cm³/mol. The summed E-state index contributed by atoms with van der Waals surface area (Å²) in [5.41, 5.74) is 19.5. The molecule has 2 aliphatic heterocycles. The smallest absolute Gasteiger partial charge is 0.252 e. The maximum absolute atomic E-state index is 2.65. The van der Waals surface area contributed by atoms with Crippen molar-refractivity contribution >= 4 is 111 Å². The Bertz CT molecular complexity index is 4020. The minimum Gasteiger partial charge on any atom is -0.311 e. The first kappa shape index (κ1) is 37.1. The van der Waals surface area contributed by atoms with Crippen LogP contribution in [0.2, 0.25) is 0 Å². The average molecular weight is 851 g/mol. The second kappa shape index (κ2) is 13.7. The second-order valence-corrected chi connectivity index (χ2v) is 19.1. The molecule has 3 heteroatoms. The van der Waals surface area contributed by atoms with Gasteiger partial charge in [-0.05, 0) is 132 Å².